The van der Waals surface area contributed by atoms with Crippen molar-refractivity contribution in [3.8, 4) is 0 Å². The molecule has 0 radical (unpaired) electrons. The van der Waals surface area contributed by atoms with Crippen molar-refractivity contribution in [3.63, 3.8) is 0 Å². The molecule has 0 aliphatic rings. The van der Waals surface area contributed by atoms with Gasteiger partial charge < -0.3 is 14.2 Å². The first-order valence-corrected chi connectivity index (χ1v) is 30.0. The second-order valence-electron chi connectivity index (χ2n) is 19.5. The number of hydrogen-bond donors (Lipinski definition) is 0. The van der Waals surface area contributed by atoms with Crippen molar-refractivity contribution < 1.29 is 28.6 Å². The number of esters is 3. The first-order chi connectivity index (χ1) is 36.0. The minimum absolute atomic E-state index is 0.117. The lowest BCUT2D eigenvalue weighted by molar-refractivity contribution is -0.167. The van der Waals surface area contributed by atoms with Gasteiger partial charge in [0.2, 0.25) is 0 Å². The van der Waals surface area contributed by atoms with Crippen LogP contribution in [0.3, 0.4) is 0 Å². The van der Waals surface area contributed by atoms with Gasteiger partial charge in [-0.05, 0) is 128 Å². The van der Waals surface area contributed by atoms with Gasteiger partial charge in [-0.25, -0.2) is 0 Å². The lowest BCUT2D eigenvalue weighted by Gasteiger charge is -2.18. The van der Waals surface area contributed by atoms with Gasteiger partial charge in [0.1, 0.15) is 13.2 Å². The van der Waals surface area contributed by atoms with Crippen LogP contribution < -0.4 is 0 Å². The number of ether oxygens (including phenoxy) is 3. The van der Waals surface area contributed by atoms with Gasteiger partial charge in [0.05, 0.1) is 0 Å². The lowest BCUT2D eigenvalue weighted by atomic mass is 10.1. The molecule has 6 nitrogen and oxygen atoms in total. The van der Waals surface area contributed by atoms with Crippen molar-refractivity contribution in [1.29, 1.82) is 0 Å². The second-order valence-corrected chi connectivity index (χ2v) is 19.5. The zero-order chi connectivity index (χ0) is 52.9. The summed E-state index contributed by atoms with van der Waals surface area (Å²) in [5.41, 5.74) is 0. The standard InChI is InChI=1S/C67H110O6/c1-4-7-10-13-16-19-22-25-28-31-33-36-39-42-45-48-51-54-57-60-66(69)72-63-64(62-71-65(68)59-56-53-50-47-44-41-38-35-30-27-24-21-18-15-12-9-6-3)73-67(70)61-58-55-52-49-46-43-40-37-34-32-29-26-23-20-17-14-11-8-5-2/h9,12,16,18-19,21,25,27-28,30,32-34,36,38,41-42,45,47,50,64H,4-8,10-11,13-15,17,20,22-24,26,29,31,35,37,39-40,43-44,46,48-49,51-63H2,1-3H3/b12-9-,19-16-,21-18-,28-25-,30-27-,34-32-,36-33-,41-38-,45-42-,50-47-/t64-/m1/s1. The fourth-order valence-corrected chi connectivity index (χ4v) is 7.93. The first kappa shape index (κ1) is 68.8. The van der Waals surface area contributed by atoms with Gasteiger partial charge in [0.25, 0.3) is 0 Å². The first-order valence-electron chi connectivity index (χ1n) is 30.0. The van der Waals surface area contributed by atoms with Gasteiger partial charge in [-0.3, -0.25) is 14.4 Å². The van der Waals surface area contributed by atoms with E-state index in [9.17, 15) is 14.4 Å². The van der Waals surface area contributed by atoms with Crippen LogP contribution in [0.1, 0.15) is 265 Å². The molecule has 414 valence electrons. The van der Waals surface area contributed by atoms with Crippen molar-refractivity contribution >= 4 is 17.9 Å². The molecule has 0 aromatic rings. The van der Waals surface area contributed by atoms with E-state index < -0.39 is 6.10 Å². The molecule has 0 fully saturated rings. The number of allylic oxidation sites excluding steroid dienone is 20. The zero-order valence-corrected chi connectivity index (χ0v) is 47.4. The Bertz CT molecular complexity index is 1540. The Morgan fingerprint density at radius 3 is 0.945 bits per heavy atom. The van der Waals surface area contributed by atoms with Crippen molar-refractivity contribution in [1.82, 2.24) is 0 Å². The fraction of sp³-hybridized carbons (Fsp3) is 0.657. The highest BCUT2D eigenvalue weighted by Crippen LogP contribution is 2.14. The van der Waals surface area contributed by atoms with Gasteiger partial charge in [0.15, 0.2) is 6.10 Å². The average Bonchev–Trinajstić information content (AvgIpc) is 3.39. The third-order valence-electron chi connectivity index (χ3n) is 12.4. The summed E-state index contributed by atoms with van der Waals surface area (Å²) in [5.74, 6) is -1.01. The largest absolute Gasteiger partial charge is 0.462 e. The van der Waals surface area contributed by atoms with Crippen LogP contribution in [0.5, 0.6) is 0 Å². The number of rotatable bonds is 53. The van der Waals surface area contributed by atoms with E-state index in [0.717, 1.165) is 103 Å². The molecule has 6 heteroatoms. The molecule has 0 saturated carbocycles. The molecular formula is C67H110O6. The van der Waals surface area contributed by atoms with Gasteiger partial charge >= 0.3 is 17.9 Å². The fourth-order valence-electron chi connectivity index (χ4n) is 7.93. The molecule has 0 amide bonds. The van der Waals surface area contributed by atoms with Gasteiger partial charge in [-0.1, -0.05) is 239 Å². The summed E-state index contributed by atoms with van der Waals surface area (Å²) in [7, 11) is 0. The van der Waals surface area contributed by atoms with E-state index in [1.54, 1.807) is 0 Å². The number of hydrogen-bond acceptors (Lipinski definition) is 6. The predicted molar refractivity (Wildman–Crippen MR) is 316 cm³/mol. The topological polar surface area (TPSA) is 78.9 Å². The Morgan fingerprint density at radius 1 is 0.288 bits per heavy atom. The Kier molecular flexibility index (Phi) is 56.9. The number of carbonyl (C=O) groups excluding carboxylic acids is 3. The maximum absolute atomic E-state index is 12.9. The van der Waals surface area contributed by atoms with Crippen molar-refractivity contribution in [2.24, 2.45) is 0 Å². The maximum Gasteiger partial charge on any atom is 0.306 e. The van der Waals surface area contributed by atoms with Gasteiger partial charge in [-0.2, -0.15) is 0 Å². The van der Waals surface area contributed by atoms with E-state index in [2.05, 4.69) is 142 Å². The van der Waals surface area contributed by atoms with Crippen LogP contribution in [0.2, 0.25) is 0 Å². The Balaban J connectivity index is 4.54. The van der Waals surface area contributed by atoms with Crippen LogP contribution in [-0.4, -0.2) is 37.2 Å². The van der Waals surface area contributed by atoms with Crippen LogP contribution in [0.4, 0.5) is 0 Å². The van der Waals surface area contributed by atoms with Crippen LogP contribution in [0.15, 0.2) is 122 Å². The second kappa shape index (κ2) is 60.4. The van der Waals surface area contributed by atoms with E-state index in [4.69, 9.17) is 14.2 Å². The van der Waals surface area contributed by atoms with Gasteiger partial charge in [-0.15, -0.1) is 0 Å². The molecule has 0 aromatic carbocycles. The molecule has 0 saturated heterocycles. The average molecular weight is 1010 g/mol. The number of unbranched alkanes of at least 4 members (excludes halogenated alkanes) is 22. The Hall–Kier alpha value is -4.19. The number of carbonyl (C=O) groups is 3. The Morgan fingerprint density at radius 2 is 0.548 bits per heavy atom. The minimum atomic E-state index is -0.821. The third kappa shape index (κ3) is 58.6. The van der Waals surface area contributed by atoms with Crippen molar-refractivity contribution in [2.45, 2.75) is 271 Å². The monoisotopic (exact) mass is 1010 g/mol. The van der Waals surface area contributed by atoms with E-state index in [0.29, 0.717) is 19.3 Å². The summed E-state index contributed by atoms with van der Waals surface area (Å²) in [4.78, 5) is 38.2. The molecule has 1 atom stereocenters. The van der Waals surface area contributed by atoms with Crippen molar-refractivity contribution in [3.05, 3.63) is 122 Å². The quantitative estimate of drug-likeness (QED) is 0.0261. The molecule has 0 aliphatic carbocycles. The zero-order valence-electron chi connectivity index (χ0n) is 47.4. The Labute approximate surface area is 450 Å². The van der Waals surface area contributed by atoms with Crippen LogP contribution >= 0.6 is 0 Å². The molecule has 0 rings (SSSR count). The molecule has 0 spiro atoms. The summed E-state index contributed by atoms with van der Waals surface area (Å²) >= 11 is 0. The van der Waals surface area contributed by atoms with Crippen LogP contribution in [0.25, 0.3) is 0 Å². The molecule has 0 N–H and O–H groups in total. The maximum atomic E-state index is 12.9. The normalized spacial score (nSPS) is 13.0. The lowest BCUT2D eigenvalue weighted by Crippen LogP contribution is -2.30. The summed E-state index contributed by atoms with van der Waals surface area (Å²) in [6, 6.07) is 0. The smallest absolute Gasteiger partial charge is 0.306 e. The van der Waals surface area contributed by atoms with E-state index in [1.807, 2.05) is 0 Å². The molecular weight excluding hydrogens is 901 g/mol. The van der Waals surface area contributed by atoms with Crippen LogP contribution in [0, 0.1) is 0 Å². The third-order valence-corrected chi connectivity index (χ3v) is 12.4. The molecule has 0 heterocycles. The van der Waals surface area contributed by atoms with E-state index >= 15 is 0 Å². The van der Waals surface area contributed by atoms with E-state index in [1.165, 1.54) is 116 Å². The van der Waals surface area contributed by atoms with E-state index in [-0.39, 0.29) is 37.5 Å². The molecule has 0 aliphatic heterocycles. The minimum Gasteiger partial charge on any atom is -0.462 e. The molecule has 73 heavy (non-hydrogen) atoms. The predicted octanol–water partition coefficient (Wildman–Crippen LogP) is 20.4. The summed E-state index contributed by atoms with van der Waals surface area (Å²) in [6.45, 7) is 6.42. The molecule has 0 aromatic heterocycles. The summed E-state index contributed by atoms with van der Waals surface area (Å²) in [5, 5.41) is 0. The molecule has 0 unspecified atom stereocenters. The molecule has 0 bridgehead atoms. The summed E-state index contributed by atoms with van der Waals surface area (Å²) < 4.78 is 16.8. The summed E-state index contributed by atoms with van der Waals surface area (Å²) in [6.07, 6.45) is 83.4. The van der Waals surface area contributed by atoms with Crippen molar-refractivity contribution in [2.75, 3.05) is 13.2 Å². The highest BCUT2D eigenvalue weighted by atomic mass is 16.6. The highest BCUT2D eigenvalue weighted by Gasteiger charge is 2.19. The highest BCUT2D eigenvalue weighted by molar-refractivity contribution is 5.71. The van der Waals surface area contributed by atoms with Crippen LogP contribution in [-0.2, 0) is 28.6 Å². The SMILES string of the molecule is CC/C=C\C/C=C\C/C=C\C/C=C\C/C=C\CCCC(=O)OC[C@H](COC(=O)CCCCC/C=C\C/C=C\C/C=C\C/C=C\CCCCC)OC(=O)CCCCCCCCC/C=C\CCCCCCCCCC. The van der Waals surface area contributed by atoms with Gasteiger partial charge in [0, 0.05) is 19.3 Å².